The van der Waals surface area contributed by atoms with Crippen molar-refractivity contribution in [3.05, 3.63) is 23.2 Å². The van der Waals surface area contributed by atoms with Crippen molar-refractivity contribution < 1.29 is 8.42 Å². The van der Waals surface area contributed by atoms with Gasteiger partial charge in [-0.25, -0.2) is 13.3 Å². The summed E-state index contributed by atoms with van der Waals surface area (Å²) in [6.07, 6.45) is 1.39. The lowest BCUT2D eigenvalue weighted by Crippen LogP contribution is -2.44. The molecule has 0 aromatic heterocycles. The molecule has 4 nitrogen and oxygen atoms in total. The van der Waals surface area contributed by atoms with Crippen LogP contribution in [-0.2, 0) is 10.0 Å². The Labute approximate surface area is 72.4 Å². The van der Waals surface area contributed by atoms with Crippen LogP contribution in [0, 0.1) is 6.57 Å². The van der Waals surface area contributed by atoms with E-state index in [1.54, 1.807) is 6.92 Å². The van der Waals surface area contributed by atoms with Crippen LogP contribution in [0.4, 0.5) is 0 Å². The van der Waals surface area contributed by atoms with Gasteiger partial charge in [-0.05, 0) is 12.5 Å². The fourth-order valence-electron chi connectivity index (χ4n) is 0.959. The first-order chi connectivity index (χ1) is 5.60. The number of sulfonamides is 1. The molecule has 0 aliphatic carbocycles. The van der Waals surface area contributed by atoms with E-state index < -0.39 is 10.0 Å². The predicted octanol–water partition coefficient (Wildman–Crippen LogP) is 0.455. The van der Waals surface area contributed by atoms with Crippen molar-refractivity contribution in [1.29, 1.82) is 0 Å². The van der Waals surface area contributed by atoms with Crippen molar-refractivity contribution in [2.24, 2.45) is 0 Å². The predicted molar refractivity (Wildman–Crippen MR) is 45.7 cm³/mol. The molecule has 66 valence electrons. The lowest BCUT2D eigenvalue weighted by molar-refractivity contribution is 0.392. The standard InChI is InChI=1S/C7H10N2O2S/c1-3-12(10,11)9-5-7(6-9)4-8-2/h4H,3,5-6H2,1H3. The normalized spacial score (nSPS) is 18.2. The molecule has 1 saturated heterocycles. The quantitative estimate of drug-likeness (QED) is 0.588. The van der Waals surface area contributed by atoms with Crippen molar-refractivity contribution in [3.63, 3.8) is 0 Å². The number of rotatable bonds is 2. The molecule has 1 fully saturated rings. The largest absolute Gasteiger partial charge is 0.246 e. The third-order valence-electron chi connectivity index (χ3n) is 1.76. The van der Waals surface area contributed by atoms with Crippen molar-refractivity contribution in [3.8, 4) is 0 Å². The molecule has 0 spiro atoms. The van der Waals surface area contributed by atoms with Crippen LogP contribution >= 0.6 is 0 Å². The van der Waals surface area contributed by atoms with Crippen molar-refractivity contribution in [1.82, 2.24) is 4.31 Å². The molecular formula is C7H10N2O2S. The molecule has 0 saturated carbocycles. The molecule has 0 unspecified atom stereocenters. The van der Waals surface area contributed by atoms with Gasteiger partial charge in [-0.15, -0.1) is 0 Å². The van der Waals surface area contributed by atoms with Crippen LogP contribution in [0.3, 0.4) is 0 Å². The topological polar surface area (TPSA) is 41.7 Å². The van der Waals surface area contributed by atoms with E-state index >= 15 is 0 Å². The monoisotopic (exact) mass is 186 g/mol. The highest BCUT2D eigenvalue weighted by molar-refractivity contribution is 7.89. The summed E-state index contributed by atoms with van der Waals surface area (Å²) in [5.74, 6) is 0.137. The van der Waals surface area contributed by atoms with Gasteiger partial charge in [-0.1, -0.05) is 0 Å². The Morgan fingerprint density at radius 2 is 2.25 bits per heavy atom. The Bertz CT molecular complexity index is 329. The number of hydrogen-bond donors (Lipinski definition) is 0. The summed E-state index contributed by atoms with van der Waals surface area (Å²) in [6.45, 7) is 8.94. The van der Waals surface area contributed by atoms with E-state index in [0.29, 0.717) is 13.1 Å². The Morgan fingerprint density at radius 3 is 2.67 bits per heavy atom. The molecular weight excluding hydrogens is 176 g/mol. The molecule has 0 aromatic rings. The highest BCUT2D eigenvalue weighted by Crippen LogP contribution is 2.18. The second-order valence-electron chi connectivity index (χ2n) is 2.59. The van der Waals surface area contributed by atoms with Crippen molar-refractivity contribution >= 4 is 10.0 Å². The summed E-state index contributed by atoms with van der Waals surface area (Å²) in [5, 5.41) is 0. The van der Waals surface area contributed by atoms with Gasteiger partial charge in [0.25, 0.3) is 0 Å². The van der Waals surface area contributed by atoms with E-state index in [1.165, 1.54) is 10.5 Å². The number of nitrogens with zero attached hydrogens (tertiary/aromatic N) is 2. The molecule has 5 heteroatoms. The smallest absolute Gasteiger partial charge is 0.214 e. The lowest BCUT2D eigenvalue weighted by atomic mass is 10.2. The molecule has 0 atom stereocenters. The van der Waals surface area contributed by atoms with Crippen LogP contribution in [-0.4, -0.2) is 31.6 Å². The molecule has 1 aliphatic rings. The van der Waals surface area contributed by atoms with Crippen LogP contribution < -0.4 is 0 Å². The van der Waals surface area contributed by atoms with Gasteiger partial charge in [0.1, 0.15) is 0 Å². The summed E-state index contributed by atoms with van der Waals surface area (Å²) < 4.78 is 23.7. The minimum atomic E-state index is -3.02. The van der Waals surface area contributed by atoms with E-state index in [0.717, 1.165) is 5.57 Å². The van der Waals surface area contributed by atoms with Gasteiger partial charge in [0.2, 0.25) is 10.0 Å². The first kappa shape index (κ1) is 9.23. The van der Waals surface area contributed by atoms with E-state index in [9.17, 15) is 8.42 Å². The summed E-state index contributed by atoms with van der Waals surface area (Å²) in [7, 11) is -3.02. The fourth-order valence-corrected chi connectivity index (χ4v) is 2.05. The van der Waals surface area contributed by atoms with E-state index in [-0.39, 0.29) is 5.75 Å². The van der Waals surface area contributed by atoms with Gasteiger partial charge in [-0.3, -0.25) is 0 Å². The fraction of sp³-hybridized carbons (Fsp3) is 0.571. The Kier molecular flexibility index (Phi) is 2.50. The molecule has 0 N–H and O–H groups in total. The minimum absolute atomic E-state index is 0.137. The molecule has 1 heterocycles. The third kappa shape index (κ3) is 1.65. The summed E-state index contributed by atoms with van der Waals surface area (Å²) in [5.41, 5.74) is 0.891. The average Bonchev–Trinajstić information content (AvgIpc) is 1.95. The second-order valence-corrected chi connectivity index (χ2v) is 4.84. The Balaban J connectivity index is 2.57. The molecule has 0 bridgehead atoms. The average molecular weight is 186 g/mol. The van der Waals surface area contributed by atoms with Gasteiger partial charge in [0, 0.05) is 13.1 Å². The van der Waals surface area contributed by atoms with Crippen molar-refractivity contribution in [2.45, 2.75) is 6.92 Å². The zero-order chi connectivity index (χ0) is 9.19. The Hall–Kier alpha value is -0.860. The summed E-state index contributed by atoms with van der Waals surface area (Å²) in [4.78, 5) is 3.07. The molecule has 0 amide bonds. The van der Waals surface area contributed by atoms with Gasteiger partial charge in [0.15, 0.2) is 6.20 Å². The van der Waals surface area contributed by atoms with Crippen LogP contribution in [0.5, 0.6) is 0 Å². The molecule has 12 heavy (non-hydrogen) atoms. The summed E-state index contributed by atoms with van der Waals surface area (Å²) in [6, 6.07) is 0. The van der Waals surface area contributed by atoms with Gasteiger partial charge >= 0.3 is 0 Å². The maximum atomic E-state index is 11.2. The maximum Gasteiger partial charge on any atom is 0.214 e. The zero-order valence-electron chi connectivity index (χ0n) is 6.82. The number of hydrogen-bond acceptors (Lipinski definition) is 2. The minimum Gasteiger partial charge on any atom is -0.246 e. The second kappa shape index (κ2) is 3.25. The summed E-state index contributed by atoms with van der Waals surface area (Å²) >= 11 is 0. The SMILES string of the molecule is [C-]#[N+]C=C1CN(S(=O)(=O)CC)C1. The van der Waals surface area contributed by atoms with Gasteiger partial charge < -0.3 is 0 Å². The highest BCUT2D eigenvalue weighted by atomic mass is 32.2. The Morgan fingerprint density at radius 1 is 1.67 bits per heavy atom. The first-order valence-electron chi connectivity index (χ1n) is 3.62. The van der Waals surface area contributed by atoms with E-state index in [2.05, 4.69) is 4.85 Å². The maximum absolute atomic E-state index is 11.2. The van der Waals surface area contributed by atoms with Crippen LogP contribution in [0.15, 0.2) is 11.8 Å². The molecule has 0 radical (unpaired) electrons. The first-order valence-corrected chi connectivity index (χ1v) is 5.23. The van der Waals surface area contributed by atoms with Crippen LogP contribution in [0.2, 0.25) is 0 Å². The molecule has 0 aromatic carbocycles. The van der Waals surface area contributed by atoms with Gasteiger partial charge in [0.05, 0.1) is 12.3 Å². The van der Waals surface area contributed by atoms with Crippen molar-refractivity contribution in [2.75, 3.05) is 18.8 Å². The third-order valence-corrected chi connectivity index (χ3v) is 3.54. The van der Waals surface area contributed by atoms with Crippen LogP contribution in [0.25, 0.3) is 4.85 Å². The van der Waals surface area contributed by atoms with Crippen LogP contribution in [0.1, 0.15) is 6.92 Å². The highest BCUT2D eigenvalue weighted by Gasteiger charge is 2.29. The van der Waals surface area contributed by atoms with E-state index in [4.69, 9.17) is 6.57 Å². The zero-order valence-corrected chi connectivity index (χ0v) is 7.63. The van der Waals surface area contributed by atoms with E-state index in [1.807, 2.05) is 0 Å². The molecule has 1 rings (SSSR count). The molecule has 1 aliphatic heterocycles. The lowest BCUT2D eigenvalue weighted by Gasteiger charge is -2.32. The van der Waals surface area contributed by atoms with Gasteiger partial charge in [-0.2, -0.15) is 4.31 Å².